The molecule has 0 aliphatic carbocycles. The van der Waals surface area contributed by atoms with Gasteiger partial charge >= 0.3 is 0 Å². The lowest BCUT2D eigenvalue weighted by Crippen LogP contribution is -3.12. The van der Waals surface area contributed by atoms with Crippen molar-refractivity contribution >= 4 is 22.5 Å². The number of benzene rings is 1. The van der Waals surface area contributed by atoms with Gasteiger partial charge in [-0.1, -0.05) is 0 Å². The van der Waals surface area contributed by atoms with Gasteiger partial charge < -0.3 is 24.8 Å². The van der Waals surface area contributed by atoms with Crippen LogP contribution >= 0.6 is 0 Å². The lowest BCUT2D eigenvalue weighted by Gasteiger charge is -2.32. The average Bonchev–Trinajstić information content (AvgIpc) is 2.67. The van der Waals surface area contributed by atoms with E-state index in [0.717, 1.165) is 26.2 Å². The van der Waals surface area contributed by atoms with E-state index in [1.54, 1.807) is 10.6 Å². The van der Waals surface area contributed by atoms with Crippen LogP contribution in [-0.4, -0.2) is 62.0 Å². The van der Waals surface area contributed by atoms with Crippen molar-refractivity contribution in [3.05, 3.63) is 39.9 Å². The molecule has 0 radical (unpaired) electrons. The summed E-state index contributed by atoms with van der Waals surface area (Å²) in [6, 6.07) is 2.96. The SMILES string of the molecule is CCn1cc(C(=O)NCCO)c(=O)c2cc(F)c(N3CC[NH+](C)CC3)cc21. The molecule has 2 aromatic rings. The van der Waals surface area contributed by atoms with Gasteiger partial charge in [0, 0.05) is 24.7 Å². The van der Waals surface area contributed by atoms with Gasteiger partial charge in [-0.25, -0.2) is 4.39 Å². The molecular weight excluding hydrogens is 351 g/mol. The number of aryl methyl sites for hydroxylation is 1. The van der Waals surface area contributed by atoms with E-state index >= 15 is 0 Å². The van der Waals surface area contributed by atoms with Crippen molar-refractivity contribution in [1.29, 1.82) is 0 Å². The Morgan fingerprint density at radius 3 is 2.67 bits per heavy atom. The van der Waals surface area contributed by atoms with Gasteiger partial charge in [-0.05, 0) is 19.1 Å². The van der Waals surface area contributed by atoms with E-state index in [0.29, 0.717) is 17.7 Å². The fourth-order valence-corrected chi connectivity index (χ4v) is 3.46. The van der Waals surface area contributed by atoms with E-state index < -0.39 is 17.2 Å². The molecule has 3 N–H and O–H groups in total. The maximum Gasteiger partial charge on any atom is 0.256 e. The van der Waals surface area contributed by atoms with Gasteiger partial charge in [0.15, 0.2) is 0 Å². The highest BCUT2D eigenvalue weighted by molar-refractivity contribution is 5.97. The van der Waals surface area contributed by atoms with Crippen molar-refractivity contribution in [3.63, 3.8) is 0 Å². The Kier molecular flexibility index (Phi) is 5.76. The van der Waals surface area contributed by atoms with Gasteiger partial charge in [-0.15, -0.1) is 0 Å². The summed E-state index contributed by atoms with van der Waals surface area (Å²) in [6.07, 6.45) is 1.51. The maximum atomic E-state index is 14.8. The lowest BCUT2D eigenvalue weighted by molar-refractivity contribution is -0.880. The average molecular weight is 377 g/mol. The van der Waals surface area contributed by atoms with Gasteiger partial charge in [0.2, 0.25) is 5.43 Å². The van der Waals surface area contributed by atoms with E-state index in [1.807, 2.05) is 11.8 Å². The maximum absolute atomic E-state index is 14.8. The van der Waals surface area contributed by atoms with Crippen LogP contribution in [0.15, 0.2) is 23.1 Å². The first kappa shape index (κ1) is 19.3. The van der Waals surface area contributed by atoms with Crippen LogP contribution in [0.1, 0.15) is 17.3 Å². The Bertz CT molecular complexity index is 904. The third kappa shape index (κ3) is 3.81. The molecule has 1 aliphatic heterocycles. The number of likely N-dealkylation sites (N-methyl/N-ethyl adjacent to an activating group) is 1. The molecule has 0 spiro atoms. The highest BCUT2D eigenvalue weighted by atomic mass is 19.1. The molecule has 0 bridgehead atoms. The van der Waals surface area contributed by atoms with Crippen molar-refractivity contribution in [2.24, 2.45) is 0 Å². The highest BCUT2D eigenvalue weighted by Gasteiger charge is 2.22. The number of fused-ring (bicyclic) bond motifs is 1. The number of aliphatic hydroxyl groups is 1. The molecule has 1 aromatic heterocycles. The van der Waals surface area contributed by atoms with Gasteiger partial charge in [-0.3, -0.25) is 9.59 Å². The minimum absolute atomic E-state index is 0.0480. The Hall–Kier alpha value is -2.45. The number of aromatic nitrogens is 1. The standard InChI is InChI=1S/C19H25FN4O3/c1-3-23-12-14(19(27)21-4-9-25)18(26)13-10-15(20)17(11-16(13)23)24-7-5-22(2)6-8-24/h10-12,25H,3-9H2,1-2H3,(H,21,27)/p+1. The Morgan fingerprint density at radius 2 is 2.04 bits per heavy atom. The van der Waals surface area contributed by atoms with Crippen LogP contribution in [0.2, 0.25) is 0 Å². The molecule has 1 fully saturated rings. The number of amides is 1. The molecule has 146 valence electrons. The zero-order chi connectivity index (χ0) is 19.6. The van der Waals surface area contributed by atoms with E-state index in [-0.39, 0.29) is 24.1 Å². The topological polar surface area (TPSA) is 79.0 Å². The molecular formula is C19H26FN4O3+. The zero-order valence-corrected chi connectivity index (χ0v) is 15.7. The molecule has 1 amide bonds. The number of anilines is 1. The highest BCUT2D eigenvalue weighted by Crippen LogP contribution is 2.25. The first-order valence-electron chi connectivity index (χ1n) is 9.28. The monoisotopic (exact) mass is 377 g/mol. The number of pyridine rings is 1. The number of hydrogen-bond acceptors (Lipinski definition) is 4. The van der Waals surface area contributed by atoms with Crippen molar-refractivity contribution in [1.82, 2.24) is 9.88 Å². The summed E-state index contributed by atoms with van der Waals surface area (Å²) in [5.41, 5.74) is 0.560. The summed E-state index contributed by atoms with van der Waals surface area (Å²) < 4.78 is 16.6. The van der Waals surface area contributed by atoms with Crippen LogP contribution in [0, 0.1) is 5.82 Å². The number of rotatable bonds is 5. The minimum Gasteiger partial charge on any atom is -0.395 e. The molecule has 27 heavy (non-hydrogen) atoms. The summed E-state index contributed by atoms with van der Waals surface area (Å²) in [5, 5.41) is 11.5. The number of nitrogens with zero attached hydrogens (tertiary/aromatic N) is 2. The molecule has 1 aliphatic rings. The zero-order valence-electron chi connectivity index (χ0n) is 15.7. The quantitative estimate of drug-likeness (QED) is 0.639. The van der Waals surface area contributed by atoms with Gasteiger partial charge in [0.1, 0.15) is 11.4 Å². The summed E-state index contributed by atoms with van der Waals surface area (Å²) in [7, 11) is 2.12. The number of carbonyl (C=O) groups excluding carboxylic acids is 1. The first-order chi connectivity index (χ1) is 13.0. The van der Waals surface area contributed by atoms with Crippen LogP contribution in [0.3, 0.4) is 0 Å². The normalized spacial score (nSPS) is 15.3. The fourth-order valence-electron chi connectivity index (χ4n) is 3.46. The molecule has 3 rings (SSSR count). The van der Waals surface area contributed by atoms with E-state index in [4.69, 9.17) is 5.11 Å². The molecule has 0 unspecified atom stereocenters. The second-order valence-corrected chi connectivity index (χ2v) is 6.90. The van der Waals surface area contributed by atoms with Crippen LogP contribution in [0.25, 0.3) is 10.9 Å². The fraction of sp³-hybridized carbons (Fsp3) is 0.474. The minimum atomic E-state index is -0.565. The lowest BCUT2D eigenvalue weighted by atomic mass is 10.1. The van der Waals surface area contributed by atoms with Crippen molar-refractivity contribution in [2.45, 2.75) is 13.5 Å². The van der Waals surface area contributed by atoms with Crippen LogP contribution in [-0.2, 0) is 6.54 Å². The Labute approximate surface area is 157 Å². The molecule has 0 saturated carbocycles. The Morgan fingerprint density at radius 1 is 1.33 bits per heavy atom. The Balaban J connectivity index is 2.09. The second-order valence-electron chi connectivity index (χ2n) is 6.90. The summed E-state index contributed by atoms with van der Waals surface area (Å²) >= 11 is 0. The molecule has 1 saturated heterocycles. The third-order valence-corrected chi connectivity index (χ3v) is 5.09. The van der Waals surface area contributed by atoms with E-state index in [9.17, 15) is 14.0 Å². The number of hydrogen-bond donors (Lipinski definition) is 3. The molecule has 7 nitrogen and oxygen atoms in total. The number of piperazine rings is 1. The predicted molar refractivity (Wildman–Crippen MR) is 102 cm³/mol. The van der Waals surface area contributed by atoms with E-state index in [2.05, 4.69) is 12.4 Å². The van der Waals surface area contributed by atoms with Crippen molar-refractivity contribution < 1.29 is 19.2 Å². The summed E-state index contributed by atoms with van der Waals surface area (Å²) in [5.74, 6) is -1.01. The third-order valence-electron chi connectivity index (χ3n) is 5.09. The smallest absolute Gasteiger partial charge is 0.256 e. The van der Waals surface area contributed by atoms with Gasteiger partial charge in [0.25, 0.3) is 5.91 Å². The first-order valence-corrected chi connectivity index (χ1v) is 9.28. The number of quaternary nitrogens is 1. The van der Waals surface area contributed by atoms with Crippen LogP contribution < -0.4 is 20.5 Å². The number of aliphatic hydroxyl groups excluding tert-OH is 1. The van der Waals surface area contributed by atoms with Crippen LogP contribution in [0.4, 0.5) is 10.1 Å². The van der Waals surface area contributed by atoms with Gasteiger partial charge in [-0.2, -0.15) is 0 Å². The van der Waals surface area contributed by atoms with Gasteiger partial charge in [0.05, 0.1) is 51.0 Å². The predicted octanol–water partition coefficient (Wildman–Crippen LogP) is -0.783. The van der Waals surface area contributed by atoms with Crippen molar-refractivity contribution in [2.75, 3.05) is 51.3 Å². The molecule has 0 atom stereocenters. The molecule has 2 heterocycles. The van der Waals surface area contributed by atoms with E-state index in [1.165, 1.54) is 17.2 Å². The number of carbonyl (C=O) groups is 1. The largest absolute Gasteiger partial charge is 0.395 e. The number of halogens is 1. The molecule has 1 aromatic carbocycles. The summed E-state index contributed by atoms with van der Waals surface area (Å²) in [6.45, 7) is 5.66. The summed E-state index contributed by atoms with van der Waals surface area (Å²) in [4.78, 5) is 28.4. The molecule has 8 heteroatoms. The second kappa shape index (κ2) is 8.06. The number of nitrogens with one attached hydrogen (secondary N) is 2. The van der Waals surface area contributed by atoms with Crippen LogP contribution in [0.5, 0.6) is 0 Å². The van der Waals surface area contributed by atoms with Crippen molar-refractivity contribution in [3.8, 4) is 0 Å².